The van der Waals surface area contributed by atoms with Crippen LogP contribution < -0.4 is 9.64 Å². The second-order valence-electron chi connectivity index (χ2n) is 9.44. The molecule has 0 unspecified atom stereocenters. The van der Waals surface area contributed by atoms with Crippen molar-refractivity contribution in [3.05, 3.63) is 83.9 Å². The lowest BCUT2D eigenvalue weighted by molar-refractivity contribution is 0.0986. The molecule has 0 spiro atoms. The number of fused-ring (bicyclic) bond motifs is 1. The van der Waals surface area contributed by atoms with Crippen LogP contribution in [0, 0.1) is 0 Å². The average molecular weight is 567 g/mol. The van der Waals surface area contributed by atoms with Gasteiger partial charge in [-0.15, -0.1) is 0 Å². The molecule has 0 saturated carbocycles. The van der Waals surface area contributed by atoms with Crippen molar-refractivity contribution in [1.82, 2.24) is 14.2 Å². The minimum absolute atomic E-state index is 0.139. The Labute approximate surface area is 234 Å². The number of aromatic nitrogens is 1. The molecular formula is C29H34N4O4S2. The van der Waals surface area contributed by atoms with Crippen LogP contribution in [0.25, 0.3) is 10.2 Å². The number of anilines is 1. The lowest BCUT2D eigenvalue weighted by atomic mass is 10.2. The van der Waals surface area contributed by atoms with E-state index in [2.05, 4.69) is 4.90 Å². The summed E-state index contributed by atoms with van der Waals surface area (Å²) < 4.78 is 34.2. The zero-order chi connectivity index (χ0) is 28.0. The summed E-state index contributed by atoms with van der Waals surface area (Å²) in [6, 6.07) is 21.3. The van der Waals surface area contributed by atoms with E-state index in [4.69, 9.17) is 9.72 Å². The van der Waals surface area contributed by atoms with Crippen molar-refractivity contribution in [3.8, 4) is 5.75 Å². The Kier molecular flexibility index (Phi) is 9.34. The maximum atomic E-state index is 13.7. The quantitative estimate of drug-likeness (QED) is 0.237. The molecule has 10 heteroatoms. The predicted molar refractivity (Wildman–Crippen MR) is 157 cm³/mol. The van der Waals surface area contributed by atoms with Gasteiger partial charge >= 0.3 is 0 Å². The van der Waals surface area contributed by atoms with Crippen molar-refractivity contribution in [2.24, 2.45) is 0 Å². The van der Waals surface area contributed by atoms with Crippen molar-refractivity contribution in [1.29, 1.82) is 0 Å². The largest absolute Gasteiger partial charge is 0.494 e. The smallest absolute Gasteiger partial charge is 0.260 e. The van der Waals surface area contributed by atoms with Crippen molar-refractivity contribution in [3.63, 3.8) is 0 Å². The molecule has 8 nitrogen and oxygen atoms in total. The molecule has 0 radical (unpaired) electrons. The Bertz CT molecular complexity index is 1500. The fourth-order valence-electron chi connectivity index (χ4n) is 4.12. The number of carbonyl (C=O) groups is 1. The molecule has 1 aromatic heterocycles. The second-order valence-corrected chi connectivity index (χ2v) is 12.5. The van der Waals surface area contributed by atoms with Gasteiger partial charge in [-0.1, -0.05) is 41.7 Å². The van der Waals surface area contributed by atoms with Crippen LogP contribution in [0.2, 0.25) is 0 Å². The number of ether oxygens (including phenoxy) is 1. The molecule has 0 N–H and O–H groups in total. The number of rotatable bonds is 12. The Balaban J connectivity index is 1.57. The average Bonchev–Trinajstić information content (AvgIpc) is 3.34. The normalized spacial score (nSPS) is 11.8. The van der Waals surface area contributed by atoms with Crippen LogP contribution >= 0.6 is 11.3 Å². The first-order valence-electron chi connectivity index (χ1n) is 12.8. The molecule has 0 aliphatic carbocycles. The third kappa shape index (κ3) is 7.02. The van der Waals surface area contributed by atoms with Crippen molar-refractivity contribution in [2.45, 2.75) is 24.8 Å². The molecule has 1 amide bonds. The maximum Gasteiger partial charge on any atom is 0.260 e. The molecule has 4 rings (SSSR count). The van der Waals surface area contributed by atoms with E-state index in [-0.39, 0.29) is 17.3 Å². The first-order chi connectivity index (χ1) is 18.7. The van der Waals surface area contributed by atoms with E-state index in [1.165, 1.54) is 27.8 Å². The maximum absolute atomic E-state index is 13.7. The minimum atomic E-state index is -3.72. The molecule has 1 heterocycles. The van der Waals surface area contributed by atoms with Gasteiger partial charge in [-0.05, 0) is 82.0 Å². The number of carbonyl (C=O) groups excluding carboxylic acids is 1. The fourth-order valence-corrected chi connectivity index (χ4v) is 6.30. The van der Waals surface area contributed by atoms with Gasteiger partial charge in [0, 0.05) is 25.7 Å². The molecule has 4 aromatic rings. The van der Waals surface area contributed by atoms with Crippen LogP contribution in [-0.4, -0.2) is 69.4 Å². The Morgan fingerprint density at radius 1 is 0.949 bits per heavy atom. The van der Waals surface area contributed by atoms with Crippen molar-refractivity contribution in [2.75, 3.05) is 45.7 Å². The zero-order valence-corrected chi connectivity index (χ0v) is 24.3. The summed E-state index contributed by atoms with van der Waals surface area (Å²) >= 11 is 1.44. The lowest BCUT2D eigenvalue weighted by Gasteiger charge is -2.21. The van der Waals surface area contributed by atoms with E-state index in [1.54, 1.807) is 24.1 Å². The standard InChI is InChI=1S/C29H34N4O4S2/c1-5-37-24-14-17-26-27(20-24)38-29(30-26)33(19-9-18-31(2)3)28(34)23-12-15-25(16-13-23)39(35,36)32(4)21-22-10-7-6-8-11-22/h6-8,10-17,20H,5,9,18-19,21H2,1-4H3. The Morgan fingerprint density at radius 3 is 2.33 bits per heavy atom. The lowest BCUT2D eigenvalue weighted by Crippen LogP contribution is -2.33. The third-order valence-electron chi connectivity index (χ3n) is 6.18. The Morgan fingerprint density at radius 2 is 1.67 bits per heavy atom. The summed E-state index contributed by atoms with van der Waals surface area (Å²) in [7, 11) is 1.82. The first kappa shape index (κ1) is 28.7. The van der Waals surface area contributed by atoms with Gasteiger partial charge in [0.25, 0.3) is 5.91 Å². The van der Waals surface area contributed by atoms with Crippen LogP contribution in [0.15, 0.2) is 77.7 Å². The van der Waals surface area contributed by atoms with Crippen LogP contribution in [0.5, 0.6) is 5.75 Å². The van der Waals surface area contributed by atoms with Gasteiger partial charge in [-0.25, -0.2) is 13.4 Å². The highest BCUT2D eigenvalue weighted by atomic mass is 32.2. The van der Waals surface area contributed by atoms with E-state index in [0.717, 1.165) is 34.5 Å². The predicted octanol–water partition coefficient (Wildman–Crippen LogP) is 5.11. The van der Waals surface area contributed by atoms with Gasteiger partial charge in [0.1, 0.15) is 5.75 Å². The summed E-state index contributed by atoms with van der Waals surface area (Å²) in [5, 5.41) is 0.599. The van der Waals surface area contributed by atoms with Gasteiger partial charge in [0.05, 0.1) is 21.7 Å². The summed E-state index contributed by atoms with van der Waals surface area (Å²) in [5.74, 6) is 0.541. The first-order valence-corrected chi connectivity index (χ1v) is 15.0. The highest BCUT2D eigenvalue weighted by molar-refractivity contribution is 7.89. The number of benzene rings is 3. The summed E-state index contributed by atoms with van der Waals surface area (Å²) in [6.45, 7) is 4.06. The molecule has 0 fully saturated rings. The minimum Gasteiger partial charge on any atom is -0.494 e. The molecule has 0 atom stereocenters. The number of nitrogens with zero attached hydrogens (tertiary/aromatic N) is 4. The van der Waals surface area contributed by atoms with Gasteiger partial charge in [0.15, 0.2) is 5.13 Å². The highest BCUT2D eigenvalue weighted by Gasteiger charge is 2.24. The van der Waals surface area contributed by atoms with E-state index in [0.29, 0.717) is 23.8 Å². The van der Waals surface area contributed by atoms with Gasteiger partial charge in [0.2, 0.25) is 10.0 Å². The van der Waals surface area contributed by atoms with Gasteiger partial charge in [-0.2, -0.15) is 4.31 Å². The summed E-state index contributed by atoms with van der Waals surface area (Å²) in [6.07, 6.45) is 0.760. The van der Waals surface area contributed by atoms with Crippen molar-refractivity contribution < 1.29 is 17.9 Å². The number of hydrogen-bond acceptors (Lipinski definition) is 7. The highest BCUT2D eigenvalue weighted by Crippen LogP contribution is 2.32. The molecule has 0 aliphatic rings. The topological polar surface area (TPSA) is 83.0 Å². The monoisotopic (exact) mass is 566 g/mol. The molecule has 3 aromatic carbocycles. The SMILES string of the molecule is CCOc1ccc2nc(N(CCCN(C)C)C(=O)c3ccc(S(=O)(=O)N(C)Cc4ccccc4)cc3)sc2c1. The fraction of sp³-hybridized carbons (Fsp3) is 0.310. The van der Waals surface area contributed by atoms with Gasteiger partial charge in [-0.3, -0.25) is 9.69 Å². The molecule has 0 bridgehead atoms. The molecule has 0 aliphatic heterocycles. The third-order valence-corrected chi connectivity index (χ3v) is 9.04. The van der Waals surface area contributed by atoms with E-state index < -0.39 is 10.0 Å². The number of thiazole rings is 1. The van der Waals surface area contributed by atoms with E-state index in [9.17, 15) is 13.2 Å². The Hall–Kier alpha value is -3.31. The van der Waals surface area contributed by atoms with Crippen LogP contribution in [-0.2, 0) is 16.6 Å². The van der Waals surface area contributed by atoms with Crippen LogP contribution in [0.1, 0.15) is 29.3 Å². The second kappa shape index (κ2) is 12.7. The zero-order valence-electron chi connectivity index (χ0n) is 22.7. The molecule has 39 heavy (non-hydrogen) atoms. The van der Waals surface area contributed by atoms with E-state index in [1.807, 2.05) is 69.6 Å². The number of hydrogen-bond donors (Lipinski definition) is 0. The molecule has 206 valence electrons. The summed E-state index contributed by atoms with van der Waals surface area (Å²) in [4.78, 5) is 22.3. The number of amides is 1. The number of sulfonamides is 1. The van der Waals surface area contributed by atoms with Crippen molar-refractivity contribution >= 4 is 42.6 Å². The molecular weight excluding hydrogens is 532 g/mol. The van der Waals surface area contributed by atoms with Crippen LogP contribution in [0.3, 0.4) is 0 Å². The van der Waals surface area contributed by atoms with Crippen LogP contribution in [0.4, 0.5) is 5.13 Å². The summed E-state index contributed by atoms with van der Waals surface area (Å²) in [5.41, 5.74) is 2.10. The molecule has 0 saturated heterocycles. The van der Waals surface area contributed by atoms with E-state index >= 15 is 0 Å². The van der Waals surface area contributed by atoms with Gasteiger partial charge < -0.3 is 9.64 Å².